The number of hydrogen-bond acceptors (Lipinski definition) is 3. The average Bonchev–Trinajstić information content (AvgIpc) is 2.97. The number of nitrogens with two attached hydrogens (primary N) is 1. The average molecular weight is 382 g/mol. The molecule has 1 unspecified atom stereocenters. The van der Waals surface area contributed by atoms with Gasteiger partial charge in [-0.25, -0.2) is 0 Å². The maximum absolute atomic E-state index is 12.5. The molecule has 1 aliphatic rings. The van der Waals surface area contributed by atoms with Crippen LogP contribution in [0.15, 0.2) is 6.20 Å². The summed E-state index contributed by atoms with van der Waals surface area (Å²) in [4.78, 5) is 12.5. The molecule has 0 aliphatic heterocycles. The molecule has 0 spiro atoms. The Hall–Kier alpha value is -1.30. The van der Waals surface area contributed by atoms with Crippen molar-refractivity contribution in [2.45, 2.75) is 71.4 Å². The van der Waals surface area contributed by atoms with Gasteiger partial charge in [0.2, 0.25) is 5.91 Å². The largest absolute Gasteiger partial charge is 0.390 e. The topological polar surface area (TPSA) is 80.3 Å². The van der Waals surface area contributed by atoms with Crippen LogP contribution < -0.4 is 21.6 Å². The van der Waals surface area contributed by atoms with Crippen molar-refractivity contribution in [3.63, 3.8) is 0 Å². The van der Waals surface area contributed by atoms with Crippen molar-refractivity contribution in [1.82, 2.24) is 4.57 Å². The number of rotatable bonds is 7. The Morgan fingerprint density at radius 1 is 1.46 bits per heavy atom. The summed E-state index contributed by atoms with van der Waals surface area (Å²) >= 11 is 6.30. The summed E-state index contributed by atoms with van der Waals surface area (Å²) in [6.07, 6.45) is 11.0. The van der Waals surface area contributed by atoms with E-state index in [-0.39, 0.29) is 12.5 Å². The molecular formula is C20H32ClN3O2. The van der Waals surface area contributed by atoms with E-state index >= 15 is 0 Å². The fourth-order valence-corrected chi connectivity index (χ4v) is 4.01. The molecule has 26 heavy (non-hydrogen) atoms. The van der Waals surface area contributed by atoms with E-state index in [9.17, 15) is 9.90 Å². The molecule has 1 fully saturated rings. The first-order valence-corrected chi connectivity index (χ1v) is 10.0. The third-order valence-corrected chi connectivity index (χ3v) is 5.38. The minimum absolute atomic E-state index is 0.0221. The molecule has 1 amide bonds. The van der Waals surface area contributed by atoms with Gasteiger partial charge in [-0.1, -0.05) is 49.8 Å². The second-order valence-electron chi connectivity index (χ2n) is 7.26. The lowest BCUT2D eigenvalue weighted by Gasteiger charge is -2.20. The zero-order valence-corrected chi connectivity index (χ0v) is 16.7. The van der Waals surface area contributed by atoms with E-state index in [1.165, 1.54) is 32.1 Å². The number of amides is 1. The van der Waals surface area contributed by atoms with Crippen LogP contribution in [0.2, 0.25) is 0 Å². The molecule has 0 aromatic carbocycles. The molecule has 0 bridgehead atoms. The Labute approximate surface area is 160 Å². The van der Waals surface area contributed by atoms with Gasteiger partial charge in [0.05, 0.1) is 11.8 Å². The van der Waals surface area contributed by atoms with Gasteiger partial charge in [-0.3, -0.25) is 4.79 Å². The van der Waals surface area contributed by atoms with E-state index in [1.54, 1.807) is 0 Å². The highest BCUT2D eigenvalue weighted by Crippen LogP contribution is 2.27. The zero-order valence-electron chi connectivity index (χ0n) is 15.9. The van der Waals surface area contributed by atoms with Crippen LogP contribution in [-0.4, -0.2) is 28.2 Å². The molecule has 0 saturated heterocycles. The molecule has 2 rings (SSSR count). The highest BCUT2D eigenvalue weighted by molar-refractivity contribution is 6.44. The molecule has 1 aromatic heterocycles. The van der Waals surface area contributed by atoms with Crippen LogP contribution in [0.1, 0.15) is 58.8 Å². The molecule has 4 N–H and O–H groups in total. The first kappa shape index (κ1) is 21.0. The van der Waals surface area contributed by atoms with Crippen LogP contribution >= 0.6 is 11.6 Å². The van der Waals surface area contributed by atoms with Gasteiger partial charge >= 0.3 is 0 Å². The van der Waals surface area contributed by atoms with E-state index in [2.05, 4.69) is 5.32 Å². The minimum atomic E-state index is -0.639. The van der Waals surface area contributed by atoms with Crippen LogP contribution in [0, 0.1) is 5.92 Å². The summed E-state index contributed by atoms with van der Waals surface area (Å²) < 4.78 is 1.90. The van der Waals surface area contributed by atoms with E-state index in [1.807, 2.05) is 30.7 Å². The zero-order chi connectivity index (χ0) is 19.1. The third kappa shape index (κ3) is 5.60. The molecule has 1 aliphatic carbocycles. The van der Waals surface area contributed by atoms with Crippen molar-refractivity contribution >= 4 is 34.3 Å². The van der Waals surface area contributed by atoms with E-state index in [0.717, 1.165) is 17.0 Å². The highest BCUT2D eigenvalue weighted by Gasteiger charge is 2.16. The number of aromatic nitrogens is 1. The van der Waals surface area contributed by atoms with Crippen LogP contribution in [-0.2, 0) is 11.3 Å². The normalized spacial score (nSPS) is 18.7. The Bertz CT molecular complexity index is 716. The van der Waals surface area contributed by atoms with Gasteiger partial charge in [0.25, 0.3) is 0 Å². The van der Waals surface area contributed by atoms with E-state index in [4.69, 9.17) is 17.3 Å². The van der Waals surface area contributed by atoms with Crippen molar-refractivity contribution in [3.8, 4) is 0 Å². The quantitative estimate of drug-likeness (QED) is 0.677. The number of hydrogen-bond donors (Lipinski definition) is 3. The predicted molar refractivity (Wildman–Crippen MR) is 108 cm³/mol. The second kappa shape index (κ2) is 10.1. The first-order valence-electron chi connectivity index (χ1n) is 9.66. The lowest BCUT2D eigenvalue weighted by atomic mass is 9.86. The lowest BCUT2D eigenvalue weighted by Crippen LogP contribution is -2.35. The Balaban J connectivity index is 2.14. The molecular weight excluding hydrogens is 350 g/mol. The molecule has 1 saturated carbocycles. The van der Waals surface area contributed by atoms with Gasteiger partial charge in [-0.05, 0) is 26.2 Å². The third-order valence-electron chi connectivity index (χ3n) is 5.20. The number of nitrogens with one attached hydrogen (secondary N) is 1. The predicted octanol–water partition coefficient (Wildman–Crippen LogP) is 2.27. The summed E-state index contributed by atoms with van der Waals surface area (Å²) in [6.45, 7) is 4.28. The van der Waals surface area contributed by atoms with Crippen LogP contribution in [0.4, 0.5) is 5.69 Å². The fraction of sp³-hybridized carbons (Fsp3) is 0.650. The Morgan fingerprint density at radius 2 is 2.15 bits per heavy atom. The summed E-state index contributed by atoms with van der Waals surface area (Å²) in [6, 6.07) is 0. The standard InChI is InChI=1S/C20H32ClN3O2/c1-3-18-20(14(2)21)17(13-24(18)12-16(25)11-22)23-19(26)10-9-15-7-5-4-6-8-15/h3,13,15-16,25H,4-12,22H2,1-2H3,(H,23,26). The number of anilines is 1. The monoisotopic (exact) mass is 381 g/mol. The maximum atomic E-state index is 12.5. The molecule has 5 nitrogen and oxygen atoms in total. The van der Waals surface area contributed by atoms with Crippen LogP contribution in [0.5, 0.6) is 0 Å². The van der Waals surface area contributed by atoms with E-state index < -0.39 is 6.10 Å². The highest BCUT2D eigenvalue weighted by atomic mass is 35.5. The first-order chi connectivity index (χ1) is 12.5. The van der Waals surface area contributed by atoms with Crippen molar-refractivity contribution in [2.75, 3.05) is 11.9 Å². The summed E-state index contributed by atoms with van der Waals surface area (Å²) in [5.74, 6) is 0.702. The Kier molecular flexibility index (Phi) is 8.19. The fourth-order valence-electron chi connectivity index (χ4n) is 3.81. The van der Waals surface area contributed by atoms with Crippen molar-refractivity contribution < 1.29 is 9.90 Å². The van der Waals surface area contributed by atoms with Gasteiger partial charge in [0.15, 0.2) is 0 Å². The number of carbonyl (C=O) groups excluding carboxylic acids is 1. The smallest absolute Gasteiger partial charge is 0.224 e. The molecule has 1 heterocycles. The van der Waals surface area contributed by atoms with Gasteiger partial charge in [-0.15, -0.1) is 0 Å². The molecule has 1 atom stereocenters. The van der Waals surface area contributed by atoms with Gasteiger partial charge in [0, 0.05) is 41.3 Å². The van der Waals surface area contributed by atoms with Gasteiger partial charge in [0.1, 0.15) is 0 Å². The SMILES string of the molecule is CC=c1c(=C(C)Cl)c(NC(=O)CCC2CCCCC2)cn1CC(O)CN. The van der Waals surface area contributed by atoms with Crippen LogP contribution in [0.3, 0.4) is 0 Å². The molecule has 6 heteroatoms. The number of aliphatic hydroxyl groups excluding tert-OH is 1. The Morgan fingerprint density at radius 3 is 2.73 bits per heavy atom. The number of aliphatic hydroxyl groups is 1. The number of carbonyl (C=O) groups is 1. The summed E-state index contributed by atoms with van der Waals surface area (Å²) in [5, 5.41) is 15.2. The minimum Gasteiger partial charge on any atom is -0.390 e. The van der Waals surface area contributed by atoms with Gasteiger partial charge < -0.3 is 20.7 Å². The summed E-state index contributed by atoms with van der Waals surface area (Å²) in [5.41, 5.74) is 6.23. The van der Waals surface area contributed by atoms with Crippen LogP contribution in [0.25, 0.3) is 11.1 Å². The van der Waals surface area contributed by atoms with Gasteiger partial charge in [-0.2, -0.15) is 0 Å². The van der Waals surface area contributed by atoms with E-state index in [0.29, 0.717) is 29.6 Å². The molecule has 146 valence electrons. The lowest BCUT2D eigenvalue weighted by molar-refractivity contribution is -0.116. The molecule has 0 radical (unpaired) electrons. The number of halogens is 1. The van der Waals surface area contributed by atoms with Crippen molar-refractivity contribution in [1.29, 1.82) is 0 Å². The summed E-state index contributed by atoms with van der Waals surface area (Å²) in [7, 11) is 0. The maximum Gasteiger partial charge on any atom is 0.224 e. The second-order valence-corrected chi connectivity index (χ2v) is 7.82. The molecule has 1 aromatic rings. The van der Waals surface area contributed by atoms with Crippen molar-refractivity contribution in [3.05, 3.63) is 16.8 Å². The number of nitrogens with zero attached hydrogens (tertiary/aromatic N) is 1. The van der Waals surface area contributed by atoms with Crippen molar-refractivity contribution in [2.24, 2.45) is 11.7 Å².